The third kappa shape index (κ3) is 4.02. The van der Waals surface area contributed by atoms with Crippen LogP contribution in [0.25, 0.3) is 0 Å². The van der Waals surface area contributed by atoms with E-state index in [0.29, 0.717) is 12.5 Å². The van der Waals surface area contributed by atoms with Crippen molar-refractivity contribution >= 4 is 11.7 Å². The number of ketones is 1. The van der Waals surface area contributed by atoms with Crippen LogP contribution in [0.4, 0.5) is 0 Å². The van der Waals surface area contributed by atoms with Crippen LogP contribution in [0.3, 0.4) is 0 Å². The van der Waals surface area contributed by atoms with Crippen molar-refractivity contribution in [2.45, 2.75) is 46.0 Å². The molecular formula is C12H21NO2. The second-order valence-corrected chi connectivity index (χ2v) is 4.73. The molecule has 1 aliphatic carbocycles. The first-order valence-corrected chi connectivity index (χ1v) is 5.93. The van der Waals surface area contributed by atoms with Crippen LogP contribution < -0.4 is 5.32 Å². The molecule has 0 saturated heterocycles. The van der Waals surface area contributed by atoms with Gasteiger partial charge in [-0.15, -0.1) is 0 Å². The minimum atomic E-state index is -0.407. The van der Waals surface area contributed by atoms with E-state index in [9.17, 15) is 9.59 Å². The van der Waals surface area contributed by atoms with Gasteiger partial charge < -0.3 is 5.32 Å². The highest BCUT2D eigenvalue weighted by atomic mass is 16.2. The molecule has 1 saturated carbocycles. The van der Waals surface area contributed by atoms with E-state index in [-0.39, 0.29) is 11.7 Å². The molecule has 1 rings (SSSR count). The van der Waals surface area contributed by atoms with Gasteiger partial charge in [0.2, 0.25) is 5.78 Å². The summed E-state index contributed by atoms with van der Waals surface area (Å²) in [5.41, 5.74) is 0. The van der Waals surface area contributed by atoms with Crippen molar-refractivity contribution in [3.05, 3.63) is 0 Å². The summed E-state index contributed by atoms with van der Waals surface area (Å²) in [6.45, 7) is 4.18. The third-order valence-corrected chi connectivity index (χ3v) is 3.02. The van der Waals surface area contributed by atoms with Gasteiger partial charge in [-0.05, 0) is 18.8 Å². The number of amides is 1. The average Bonchev–Trinajstić information content (AvgIpc) is 2.26. The Hall–Kier alpha value is -0.860. The van der Waals surface area contributed by atoms with E-state index in [2.05, 4.69) is 5.32 Å². The Bertz CT molecular complexity index is 230. The fourth-order valence-electron chi connectivity index (χ4n) is 1.98. The standard InChI is InChI=1S/C12H21NO2/c1-9(2)11(14)12(15)13-8-10-6-4-3-5-7-10/h9-10H,3-8H2,1-2H3,(H,13,15). The molecular weight excluding hydrogens is 190 g/mol. The van der Waals surface area contributed by atoms with Crippen LogP contribution >= 0.6 is 0 Å². The number of carbonyl (C=O) groups is 2. The lowest BCUT2D eigenvalue weighted by Crippen LogP contribution is -2.37. The van der Waals surface area contributed by atoms with E-state index in [0.717, 1.165) is 0 Å². The number of hydrogen-bond acceptors (Lipinski definition) is 2. The predicted molar refractivity (Wildman–Crippen MR) is 59.4 cm³/mol. The Balaban J connectivity index is 2.24. The molecule has 0 radical (unpaired) electrons. The molecule has 0 unspecified atom stereocenters. The van der Waals surface area contributed by atoms with Gasteiger partial charge in [0.05, 0.1) is 0 Å². The van der Waals surface area contributed by atoms with Gasteiger partial charge in [-0.3, -0.25) is 9.59 Å². The molecule has 0 aliphatic heterocycles. The van der Waals surface area contributed by atoms with Crippen molar-refractivity contribution in [1.82, 2.24) is 5.32 Å². The quantitative estimate of drug-likeness (QED) is 0.722. The van der Waals surface area contributed by atoms with Crippen molar-refractivity contribution in [1.29, 1.82) is 0 Å². The maximum Gasteiger partial charge on any atom is 0.287 e. The maximum absolute atomic E-state index is 11.4. The molecule has 1 amide bonds. The van der Waals surface area contributed by atoms with Crippen LogP contribution in [0.1, 0.15) is 46.0 Å². The lowest BCUT2D eigenvalue weighted by molar-refractivity contribution is -0.139. The van der Waals surface area contributed by atoms with Crippen molar-refractivity contribution in [2.24, 2.45) is 11.8 Å². The summed E-state index contributed by atoms with van der Waals surface area (Å²) in [6.07, 6.45) is 6.22. The van der Waals surface area contributed by atoms with Crippen LogP contribution in [-0.2, 0) is 9.59 Å². The van der Waals surface area contributed by atoms with E-state index in [1.807, 2.05) is 0 Å². The van der Waals surface area contributed by atoms with E-state index in [4.69, 9.17) is 0 Å². The van der Waals surface area contributed by atoms with Crippen molar-refractivity contribution < 1.29 is 9.59 Å². The normalized spacial score (nSPS) is 17.8. The van der Waals surface area contributed by atoms with Gasteiger partial charge in [-0.25, -0.2) is 0 Å². The largest absolute Gasteiger partial charge is 0.349 e. The molecule has 0 heterocycles. The summed E-state index contributed by atoms with van der Waals surface area (Å²) in [6, 6.07) is 0. The van der Waals surface area contributed by atoms with E-state index < -0.39 is 5.91 Å². The lowest BCUT2D eigenvalue weighted by atomic mass is 9.89. The Morgan fingerprint density at radius 3 is 2.33 bits per heavy atom. The highest BCUT2D eigenvalue weighted by Gasteiger charge is 2.19. The number of carbonyl (C=O) groups excluding carboxylic acids is 2. The van der Waals surface area contributed by atoms with Gasteiger partial charge in [-0.2, -0.15) is 0 Å². The van der Waals surface area contributed by atoms with E-state index in [1.165, 1.54) is 32.1 Å². The van der Waals surface area contributed by atoms with E-state index >= 15 is 0 Å². The van der Waals surface area contributed by atoms with Crippen molar-refractivity contribution in [3.8, 4) is 0 Å². The first kappa shape index (κ1) is 12.2. The zero-order chi connectivity index (χ0) is 11.3. The topological polar surface area (TPSA) is 46.2 Å². The molecule has 1 aliphatic rings. The summed E-state index contributed by atoms with van der Waals surface area (Å²) >= 11 is 0. The SMILES string of the molecule is CC(C)C(=O)C(=O)NCC1CCCCC1. The van der Waals surface area contributed by atoms with Gasteiger partial charge in [0.1, 0.15) is 0 Å². The highest BCUT2D eigenvalue weighted by Crippen LogP contribution is 2.22. The van der Waals surface area contributed by atoms with Gasteiger partial charge >= 0.3 is 0 Å². The molecule has 3 nitrogen and oxygen atoms in total. The fourth-order valence-corrected chi connectivity index (χ4v) is 1.98. The number of hydrogen-bond donors (Lipinski definition) is 1. The molecule has 0 atom stereocenters. The van der Waals surface area contributed by atoms with Crippen LogP contribution in [0.15, 0.2) is 0 Å². The summed E-state index contributed by atoms with van der Waals surface area (Å²) in [5.74, 6) is -0.319. The third-order valence-electron chi connectivity index (χ3n) is 3.02. The van der Waals surface area contributed by atoms with E-state index in [1.54, 1.807) is 13.8 Å². The first-order valence-electron chi connectivity index (χ1n) is 5.93. The van der Waals surface area contributed by atoms with Gasteiger partial charge in [0.25, 0.3) is 5.91 Å². The molecule has 1 fully saturated rings. The molecule has 3 heteroatoms. The fraction of sp³-hybridized carbons (Fsp3) is 0.833. The smallest absolute Gasteiger partial charge is 0.287 e. The summed E-state index contributed by atoms with van der Waals surface area (Å²) < 4.78 is 0. The van der Waals surface area contributed by atoms with Crippen LogP contribution in [0, 0.1) is 11.8 Å². The second-order valence-electron chi connectivity index (χ2n) is 4.73. The molecule has 15 heavy (non-hydrogen) atoms. The molecule has 0 aromatic carbocycles. The second kappa shape index (κ2) is 5.89. The Morgan fingerprint density at radius 1 is 1.20 bits per heavy atom. The predicted octanol–water partition coefficient (Wildman–Crippen LogP) is 1.91. The van der Waals surface area contributed by atoms with Gasteiger partial charge in [0.15, 0.2) is 0 Å². The zero-order valence-corrected chi connectivity index (χ0v) is 9.71. The van der Waals surface area contributed by atoms with Crippen LogP contribution in [-0.4, -0.2) is 18.2 Å². The molecule has 1 N–H and O–H groups in total. The first-order chi connectivity index (χ1) is 7.11. The summed E-state index contributed by atoms with van der Waals surface area (Å²) in [7, 11) is 0. The molecule has 86 valence electrons. The maximum atomic E-state index is 11.4. The monoisotopic (exact) mass is 211 g/mol. The average molecular weight is 211 g/mol. The van der Waals surface area contributed by atoms with Crippen LogP contribution in [0.5, 0.6) is 0 Å². The summed E-state index contributed by atoms with van der Waals surface area (Å²) in [4.78, 5) is 22.7. The van der Waals surface area contributed by atoms with Crippen molar-refractivity contribution in [2.75, 3.05) is 6.54 Å². The van der Waals surface area contributed by atoms with Crippen LogP contribution in [0.2, 0.25) is 0 Å². The number of rotatable bonds is 4. The Morgan fingerprint density at radius 2 is 1.80 bits per heavy atom. The van der Waals surface area contributed by atoms with Gasteiger partial charge in [-0.1, -0.05) is 33.1 Å². The minimum Gasteiger partial charge on any atom is -0.349 e. The molecule has 0 spiro atoms. The zero-order valence-electron chi connectivity index (χ0n) is 9.71. The summed E-state index contributed by atoms with van der Waals surface area (Å²) in [5, 5.41) is 2.74. The van der Waals surface area contributed by atoms with Gasteiger partial charge in [0, 0.05) is 12.5 Å². The number of nitrogens with one attached hydrogen (secondary N) is 1. The van der Waals surface area contributed by atoms with Crippen molar-refractivity contribution in [3.63, 3.8) is 0 Å². The molecule has 0 bridgehead atoms. The Kier molecular flexibility index (Phi) is 4.79. The molecule has 0 aromatic rings. The minimum absolute atomic E-state index is 0.198. The Labute approximate surface area is 91.6 Å². The molecule has 0 aromatic heterocycles. The number of Topliss-reactive ketones (excluding diaryl/α,β-unsaturated/α-hetero) is 1. The lowest BCUT2D eigenvalue weighted by Gasteiger charge is -2.21. The highest BCUT2D eigenvalue weighted by molar-refractivity contribution is 6.36.